The zero-order chi connectivity index (χ0) is 15.2. The first-order valence-electron chi connectivity index (χ1n) is 7.21. The first-order chi connectivity index (χ1) is 10.8. The summed E-state index contributed by atoms with van der Waals surface area (Å²) in [4.78, 5) is 5.46. The minimum atomic E-state index is -0.504. The number of hydrogen-bond acceptors (Lipinski definition) is 5. The third-order valence-electron chi connectivity index (χ3n) is 3.36. The van der Waals surface area contributed by atoms with Crippen molar-refractivity contribution >= 4 is 0 Å². The van der Waals surface area contributed by atoms with E-state index in [0.29, 0.717) is 18.8 Å². The summed E-state index contributed by atoms with van der Waals surface area (Å²) in [5, 5.41) is 22.3. The number of benzene rings is 1. The molecule has 22 heavy (non-hydrogen) atoms. The highest BCUT2D eigenvalue weighted by molar-refractivity contribution is 5.51. The maximum atomic E-state index is 10.1. The quantitative estimate of drug-likeness (QED) is 0.749. The van der Waals surface area contributed by atoms with Gasteiger partial charge in [0.25, 0.3) is 0 Å². The lowest BCUT2D eigenvalue weighted by molar-refractivity contribution is 0.133. The van der Waals surface area contributed by atoms with E-state index in [4.69, 9.17) is 0 Å². The molecule has 0 aliphatic rings. The molecule has 0 fully saturated rings. The molecular weight excluding hydrogens is 278 g/mol. The Hall–Kier alpha value is -2.60. The molecule has 0 amide bonds. The van der Waals surface area contributed by atoms with Crippen molar-refractivity contribution in [2.45, 2.75) is 25.5 Å². The standard InChI is InChI=1S/C16H17N5O/c22-15(9-8-13-5-2-1-3-6-13)12-21-19-16(18-20-21)14-7-4-10-17-11-14/h1-7,10-11,15,22H,8-9,12H2/t15-/m1/s1. The van der Waals surface area contributed by atoms with Gasteiger partial charge in [-0.1, -0.05) is 30.3 Å². The molecule has 0 bridgehead atoms. The molecular formula is C16H17N5O. The van der Waals surface area contributed by atoms with Crippen molar-refractivity contribution < 1.29 is 5.11 Å². The number of aliphatic hydroxyl groups excluding tert-OH is 1. The summed E-state index contributed by atoms with van der Waals surface area (Å²) < 4.78 is 0. The maximum Gasteiger partial charge on any atom is 0.206 e. The minimum absolute atomic E-state index is 0.333. The van der Waals surface area contributed by atoms with E-state index in [2.05, 4.69) is 32.5 Å². The fourth-order valence-corrected chi connectivity index (χ4v) is 2.19. The largest absolute Gasteiger partial charge is 0.391 e. The van der Waals surface area contributed by atoms with Crippen LogP contribution in [0.15, 0.2) is 54.9 Å². The Bertz CT molecular complexity index is 699. The Morgan fingerprint density at radius 3 is 2.73 bits per heavy atom. The van der Waals surface area contributed by atoms with Crippen molar-refractivity contribution in [3.63, 3.8) is 0 Å². The van der Waals surface area contributed by atoms with Gasteiger partial charge in [-0.05, 0) is 35.8 Å². The van der Waals surface area contributed by atoms with Crippen LogP contribution in [0.3, 0.4) is 0 Å². The van der Waals surface area contributed by atoms with Crippen molar-refractivity contribution in [1.29, 1.82) is 0 Å². The average molecular weight is 295 g/mol. The second-order valence-corrected chi connectivity index (χ2v) is 5.09. The van der Waals surface area contributed by atoms with Gasteiger partial charge in [-0.15, -0.1) is 10.2 Å². The average Bonchev–Trinajstić information content (AvgIpc) is 3.03. The number of pyridine rings is 1. The summed E-state index contributed by atoms with van der Waals surface area (Å²) in [6.07, 6.45) is 4.37. The van der Waals surface area contributed by atoms with Crippen LogP contribution in [0.5, 0.6) is 0 Å². The predicted octanol–water partition coefficient (Wildman–Crippen LogP) is 1.73. The molecule has 0 spiro atoms. The summed E-state index contributed by atoms with van der Waals surface area (Å²) in [7, 11) is 0. The highest BCUT2D eigenvalue weighted by Crippen LogP contribution is 2.11. The van der Waals surface area contributed by atoms with Gasteiger partial charge >= 0.3 is 0 Å². The first kappa shape index (κ1) is 14.3. The van der Waals surface area contributed by atoms with Gasteiger partial charge in [0, 0.05) is 18.0 Å². The number of aromatic nitrogens is 5. The molecule has 2 heterocycles. The molecule has 1 N–H and O–H groups in total. The van der Waals surface area contributed by atoms with Crippen LogP contribution in [0.1, 0.15) is 12.0 Å². The van der Waals surface area contributed by atoms with Crippen molar-refractivity contribution in [3.05, 3.63) is 60.4 Å². The number of tetrazole rings is 1. The fraction of sp³-hybridized carbons (Fsp3) is 0.250. The van der Waals surface area contributed by atoms with Gasteiger partial charge in [0.1, 0.15) is 0 Å². The second kappa shape index (κ2) is 6.91. The third kappa shape index (κ3) is 3.73. The molecule has 3 rings (SSSR count). The molecule has 0 saturated heterocycles. The highest BCUT2D eigenvalue weighted by atomic mass is 16.3. The first-order valence-corrected chi connectivity index (χ1v) is 7.21. The lowest BCUT2D eigenvalue weighted by atomic mass is 10.1. The van der Waals surface area contributed by atoms with Crippen LogP contribution in [0.25, 0.3) is 11.4 Å². The van der Waals surface area contributed by atoms with Crippen LogP contribution in [0, 0.1) is 0 Å². The monoisotopic (exact) mass is 295 g/mol. The molecule has 1 aromatic carbocycles. The molecule has 1 atom stereocenters. The van der Waals surface area contributed by atoms with Gasteiger partial charge in [-0.2, -0.15) is 4.80 Å². The summed E-state index contributed by atoms with van der Waals surface area (Å²) in [5.74, 6) is 0.517. The SMILES string of the molecule is O[C@H](CCc1ccccc1)Cn1nnc(-c2cccnc2)n1. The molecule has 0 unspecified atom stereocenters. The normalized spacial score (nSPS) is 12.2. The van der Waals surface area contributed by atoms with E-state index in [0.717, 1.165) is 12.0 Å². The van der Waals surface area contributed by atoms with Crippen molar-refractivity contribution in [2.75, 3.05) is 0 Å². The maximum absolute atomic E-state index is 10.1. The number of nitrogens with zero attached hydrogens (tertiary/aromatic N) is 5. The van der Waals surface area contributed by atoms with Crippen LogP contribution in [-0.2, 0) is 13.0 Å². The summed E-state index contributed by atoms with van der Waals surface area (Å²) in [6, 6.07) is 13.8. The van der Waals surface area contributed by atoms with Gasteiger partial charge in [0.2, 0.25) is 5.82 Å². The van der Waals surface area contributed by atoms with Crippen molar-refractivity contribution in [1.82, 2.24) is 25.2 Å². The molecule has 6 heteroatoms. The summed E-state index contributed by atoms with van der Waals surface area (Å²) in [6.45, 7) is 0.333. The molecule has 2 aromatic heterocycles. The Morgan fingerprint density at radius 2 is 1.95 bits per heavy atom. The number of hydrogen-bond donors (Lipinski definition) is 1. The van der Waals surface area contributed by atoms with E-state index in [1.54, 1.807) is 12.4 Å². The third-order valence-corrected chi connectivity index (χ3v) is 3.36. The Kier molecular flexibility index (Phi) is 4.50. The van der Waals surface area contributed by atoms with E-state index >= 15 is 0 Å². The lowest BCUT2D eigenvalue weighted by Crippen LogP contribution is -2.18. The van der Waals surface area contributed by atoms with E-state index in [1.165, 1.54) is 10.4 Å². The summed E-state index contributed by atoms with van der Waals surface area (Å²) >= 11 is 0. The molecule has 0 saturated carbocycles. The smallest absolute Gasteiger partial charge is 0.206 e. The molecule has 6 nitrogen and oxygen atoms in total. The van der Waals surface area contributed by atoms with E-state index in [-0.39, 0.29) is 0 Å². The molecule has 0 aliphatic carbocycles. The minimum Gasteiger partial charge on any atom is -0.391 e. The zero-order valence-electron chi connectivity index (χ0n) is 12.1. The van der Waals surface area contributed by atoms with Crippen LogP contribution in [0.2, 0.25) is 0 Å². The van der Waals surface area contributed by atoms with Crippen LogP contribution >= 0.6 is 0 Å². The predicted molar refractivity (Wildman–Crippen MR) is 81.8 cm³/mol. The van der Waals surface area contributed by atoms with Crippen LogP contribution in [0.4, 0.5) is 0 Å². The van der Waals surface area contributed by atoms with E-state index < -0.39 is 6.10 Å². The Morgan fingerprint density at radius 1 is 1.09 bits per heavy atom. The number of aryl methyl sites for hydroxylation is 1. The van der Waals surface area contributed by atoms with Crippen molar-refractivity contribution in [2.24, 2.45) is 0 Å². The highest BCUT2D eigenvalue weighted by Gasteiger charge is 2.10. The Labute approximate surface area is 128 Å². The van der Waals surface area contributed by atoms with Crippen molar-refractivity contribution in [3.8, 4) is 11.4 Å². The van der Waals surface area contributed by atoms with E-state index in [1.807, 2.05) is 30.3 Å². The molecule has 112 valence electrons. The lowest BCUT2D eigenvalue weighted by Gasteiger charge is -2.09. The van der Waals surface area contributed by atoms with Gasteiger partial charge in [-0.3, -0.25) is 4.98 Å². The number of rotatable bonds is 6. The van der Waals surface area contributed by atoms with Gasteiger partial charge < -0.3 is 5.11 Å². The number of aliphatic hydroxyl groups is 1. The van der Waals surface area contributed by atoms with Crippen LogP contribution in [-0.4, -0.2) is 36.4 Å². The van der Waals surface area contributed by atoms with E-state index in [9.17, 15) is 5.11 Å². The molecule has 0 radical (unpaired) electrons. The molecule has 3 aromatic rings. The zero-order valence-corrected chi connectivity index (χ0v) is 12.1. The topological polar surface area (TPSA) is 76.7 Å². The molecule has 0 aliphatic heterocycles. The fourth-order valence-electron chi connectivity index (χ4n) is 2.19. The van der Waals surface area contributed by atoms with Crippen LogP contribution < -0.4 is 0 Å². The second-order valence-electron chi connectivity index (χ2n) is 5.09. The summed E-state index contributed by atoms with van der Waals surface area (Å²) in [5.41, 5.74) is 2.02. The van der Waals surface area contributed by atoms with Gasteiger partial charge in [0.05, 0.1) is 12.6 Å². The van der Waals surface area contributed by atoms with Gasteiger partial charge in [-0.25, -0.2) is 0 Å². The Balaban J connectivity index is 1.56. The van der Waals surface area contributed by atoms with Gasteiger partial charge in [0.15, 0.2) is 0 Å².